The van der Waals surface area contributed by atoms with E-state index in [-0.39, 0.29) is 42.3 Å². The smallest absolute Gasteiger partial charge is 0.255 e. The lowest BCUT2D eigenvalue weighted by Crippen LogP contribution is -2.41. The normalized spacial score (nSPS) is 14.4. The molecule has 2 aliphatic rings. The van der Waals surface area contributed by atoms with Crippen molar-refractivity contribution >= 4 is 69.2 Å². The van der Waals surface area contributed by atoms with Gasteiger partial charge in [-0.15, -0.1) is 0 Å². The quantitative estimate of drug-likeness (QED) is 0.0901. The number of carbonyl (C=O) groups is 4. The zero-order valence-electron chi connectivity index (χ0n) is 33.4. The number of rotatable bonds is 12. The fourth-order valence-corrected chi connectivity index (χ4v) is 7.20. The van der Waals surface area contributed by atoms with Crippen LogP contribution in [0.3, 0.4) is 0 Å². The molecule has 5 aromatic heterocycles. The van der Waals surface area contributed by atoms with Crippen LogP contribution in [0.4, 0.5) is 11.6 Å². The maximum absolute atomic E-state index is 12.7. The molecule has 18 heteroatoms. The van der Waals surface area contributed by atoms with Gasteiger partial charge in [-0.2, -0.15) is 0 Å². The third kappa shape index (κ3) is 10.7. The number of likely N-dealkylation sites (tertiary alicyclic amines) is 2. The number of benzene rings is 1. The number of nitrogens with zero attached hydrogens (tertiary/aromatic N) is 7. The molecular formula is C43H46ClN13O4. The van der Waals surface area contributed by atoms with Crippen LogP contribution in [-0.2, 0) is 22.7 Å². The molecule has 0 saturated carbocycles. The van der Waals surface area contributed by atoms with Crippen molar-refractivity contribution in [1.82, 2.24) is 55.3 Å². The number of hydrogen-bond acceptors (Lipinski definition) is 11. The molecule has 6 N–H and O–H groups in total. The van der Waals surface area contributed by atoms with Gasteiger partial charge in [0.15, 0.2) is 11.3 Å². The first-order valence-corrected chi connectivity index (χ1v) is 20.3. The van der Waals surface area contributed by atoms with Crippen molar-refractivity contribution in [3.63, 3.8) is 0 Å². The average Bonchev–Trinajstić information content (AvgIpc) is 3.93. The Morgan fingerprint density at radius 1 is 0.672 bits per heavy atom. The lowest BCUT2D eigenvalue weighted by molar-refractivity contribution is -0.127. The van der Waals surface area contributed by atoms with Gasteiger partial charge in [0.2, 0.25) is 11.8 Å². The van der Waals surface area contributed by atoms with Crippen molar-refractivity contribution in [1.29, 1.82) is 0 Å². The van der Waals surface area contributed by atoms with Crippen molar-refractivity contribution in [2.24, 2.45) is 0 Å². The first kappa shape index (κ1) is 42.0. The highest BCUT2D eigenvalue weighted by atomic mass is 35.5. The van der Waals surface area contributed by atoms with E-state index in [0.29, 0.717) is 88.5 Å². The topological polar surface area (TPSA) is 219 Å². The number of piperidine rings is 2. The molecule has 0 atom stereocenters. The second kappa shape index (κ2) is 19.7. The van der Waals surface area contributed by atoms with E-state index in [1.807, 2.05) is 30.3 Å². The van der Waals surface area contributed by atoms with Crippen molar-refractivity contribution < 1.29 is 19.2 Å². The molecule has 2 saturated heterocycles. The minimum absolute atomic E-state index is 0.0341. The van der Waals surface area contributed by atoms with E-state index in [9.17, 15) is 19.2 Å². The number of carbonyl (C=O) groups excluding carboxylic acids is 4. The molecule has 7 heterocycles. The Bertz CT molecular complexity index is 2510. The van der Waals surface area contributed by atoms with Gasteiger partial charge >= 0.3 is 0 Å². The Labute approximate surface area is 356 Å². The monoisotopic (exact) mass is 843 g/mol. The molecule has 0 bridgehead atoms. The van der Waals surface area contributed by atoms with Crippen LogP contribution < -0.4 is 21.3 Å². The average molecular weight is 844 g/mol. The minimum atomic E-state index is -0.273. The Hall–Kier alpha value is -7.14. The first-order valence-electron chi connectivity index (χ1n) is 19.9. The molecule has 0 spiro atoms. The van der Waals surface area contributed by atoms with Crippen LogP contribution in [0.2, 0.25) is 5.02 Å². The highest BCUT2D eigenvalue weighted by molar-refractivity contribution is 6.30. The van der Waals surface area contributed by atoms with E-state index in [0.717, 1.165) is 31.2 Å². The van der Waals surface area contributed by atoms with E-state index < -0.39 is 0 Å². The summed E-state index contributed by atoms with van der Waals surface area (Å²) in [6.07, 6.45) is 14.0. The predicted molar refractivity (Wildman–Crippen MR) is 233 cm³/mol. The molecule has 2 aliphatic heterocycles. The van der Waals surface area contributed by atoms with Gasteiger partial charge in [-0.05, 0) is 55.5 Å². The molecule has 1 aromatic carbocycles. The van der Waals surface area contributed by atoms with E-state index >= 15 is 0 Å². The van der Waals surface area contributed by atoms with E-state index in [4.69, 9.17) is 11.6 Å². The highest BCUT2D eigenvalue weighted by Gasteiger charge is 2.24. The highest BCUT2D eigenvalue weighted by Crippen LogP contribution is 2.22. The van der Waals surface area contributed by atoms with Crippen LogP contribution in [0.15, 0.2) is 98.8 Å². The maximum atomic E-state index is 12.7. The molecule has 6 aromatic rings. The molecule has 2 fully saturated rings. The van der Waals surface area contributed by atoms with Crippen LogP contribution in [-0.4, -0.2) is 107 Å². The van der Waals surface area contributed by atoms with Gasteiger partial charge in [0.05, 0.1) is 40.8 Å². The third-order valence-electron chi connectivity index (χ3n) is 10.4. The van der Waals surface area contributed by atoms with Crippen LogP contribution in [0.5, 0.6) is 0 Å². The van der Waals surface area contributed by atoms with Crippen LogP contribution in [0.1, 0.15) is 57.7 Å². The van der Waals surface area contributed by atoms with E-state index in [2.05, 4.69) is 69.3 Å². The number of fused-ring (bicyclic) bond motifs is 2. The van der Waals surface area contributed by atoms with E-state index in [1.54, 1.807) is 46.7 Å². The fourth-order valence-electron chi connectivity index (χ4n) is 7.08. The molecule has 17 nitrogen and oxygen atoms in total. The predicted octanol–water partition coefficient (Wildman–Crippen LogP) is 5.00. The summed E-state index contributed by atoms with van der Waals surface area (Å²) in [6, 6.07) is 13.6. The van der Waals surface area contributed by atoms with Crippen LogP contribution >= 0.6 is 11.6 Å². The van der Waals surface area contributed by atoms with Gasteiger partial charge in [0.25, 0.3) is 11.8 Å². The standard InChI is InChI=1S/C22H24N6O2.C21H22ClN7O2/c1-2-19(29)28-10-8-16(9-11-28)26-18-14-24-21-20(27-18)17(13-23-21)22(30)25-12-15-6-4-3-5-7-15;1-2-18(30)29-7-5-14(6-8-29)27-17-12-25-20-19(28-17)16(11-24-20)21(31)26-10-15-4-3-13(22)9-23-15/h2-7,13-14,16H,1,8-12H2,(H,23,24)(H,25,30)(H,26,27);2-4,9,11-12,14H,1,5-8,10H2,(H,24,25)(H,26,31)(H,27,28). The summed E-state index contributed by atoms with van der Waals surface area (Å²) in [5.74, 6) is 0.657. The zero-order valence-corrected chi connectivity index (χ0v) is 34.1. The van der Waals surface area contributed by atoms with Crippen LogP contribution in [0, 0.1) is 0 Å². The number of nitrogens with one attached hydrogen (secondary N) is 6. The van der Waals surface area contributed by atoms with Crippen molar-refractivity contribution in [3.8, 4) is 0 Å². The molecule has 8 rings (SSSR count). The zero-order chi connectivity index (χ0) is 42.7. The summed E-state index contributed by atoms with van der Waals surface area (Å²) < 4.78 is 0. The van der Waals surface area contributed by atoms with Crippen molar-refractivity contribution in [3.05, 3.63) is 126 Å². The van der Waals surface area contributed by atoms with Crippen LogP contribution in [0.25, 0.3) is 22.3 Å². The lowest BCUT2D eigenvalue weighted by Gasteiger charge is -2.31. The molecule has 4 amide bonds. The van der Waals surface area contributed by atoms with Gasteiger partial charge in [0.1, 0.15) is 22.7 Å². The Kier molecular flexibility index (Phi) is 13.6. The largest absolute Gasteiger partial charge is 0.366 e. The number of halogens is 1. The SMILES string of the molecule is C=CC(=O)N1CCC(Nc2cnc3[nH]cc(C(=O)NCc4ccc(Cl)cn4)c3n2)CC1.C=CC(=O)N1CCC(Nc2cnc3[nH]cc(C(=O)NCc4ccccc4)c3n2)CC1. The maximum Gasteiger partial charge on any atom is 0.255 e. The fraction of sp³-hybridized carbons (Fsp3) is 0.279. The lowest BCUT2D eigenvalue weighted by atomic mass is 10.1. The number of H-pyrrole nitrogens is 2. The summed E-state index contributed by atoms with van der Waals surface area (Å²) in [5, 5.41) is 13.0. The second-order valence-electron chi connectivity index (χ2n) is 14.5. The van der Waals surface area contributed by atoms with Gasteiger partial charge in [-0.1, -0.05) is 55.1 Å². The summed E-state index contributed by atoms with van der Waals surface area (Å²) in [5.41, 5.74) is 4.72. The Balaban J connectivity index is 0.000000184. The molecule has 61 heavy (non-hydrogen) atoms. The van der Waals surface area contributed by atoms with Gasteiger partial charge in [-0.25, -0.2) is 19.9 Å². The number of pyridine rings is 1. The number of aromatic amines is 2. The Morgan fingerprint density at radius 3 is 1.62 bits per heavy atom. The molecule has 0 radical (unpaired) electrons. The molecule has 0 unspecified atom stereocenters. The number of hydrogen-bond donors (Lipinski definition) is 6. The molecular weight excluding hydrogens is 798 g/mol. The summed E-state index contributed by atoms with van der Waals surface area (Å²) in [4.78, 5) is 80.5. The molecule has 0 aliphatic carbocycles. The van der Waals surface area contributed by atoms with E-state index in [1.165, 1.54) is 18.3 Å². The first-order chi connectivity index (χ1) is 29.7. The number of aromatic nitrogens is 7. The summed E-state index contributed by atoms with van der Waals surface area (Å²) in [7, 11) is 0. The summed E-state index contributed by atoms with van der Waals surface area (Å²) >= 11 is 5.84. The Morgan fingerprint density at radius 2 is 1.16 bits per heavy atom. The summed E-state index contributed by atoms with van der Waals surface area (Å²) in [6.45, 7) is 10.5. The van der Waals surface area contributed by atoms with Gasteiger partial charge in [0, 0.05) is 63.4 Å². The molecule has 314 valence electrons. The number of anilines is 2. The van der Waals surface area contributed by atoms with Gasteiger partial charge in [-0.3, -0.25) is 24.2 Å². The minimum Gasteiger partial charge on any atom is -0.366 e. The number of amides is 4. The second-order valence-corrected chi connectivity index (χ2v) is 15.0. The third-order valence-corrected chi connectivity index (χ3v) is 10.7. The van der Waals surface area contributed by atoms with Crippen molar-refractivity contribution in [2.75, 3.05) is 36.8 Å². The van der Waals surface area contributed by atoms with Gasteiger partial charge < -0.3 is 41.0 Å². The van der Waals surface area contributed by atoms with Crippen molar-refractivity contribution in [2.45, 2.75) is 50.9 Å².